The van der Waals surface area contributed by atoms with Gasteiger partial charge in [-0.2, -0.15) is 0 Å². The Labute approximate surface area is 117 Å². The molecule has 0 spiro atoms. The molecule has 0 aromatic heterocycles. The van der Waals surface area contributed by atoms with Crippen LogP contribution < -0.4 is 0 Å². The number of amides is 1. The number of rotatable bonds is 9. The first-order valence-corrected chi connectivity index (χ1v) is 6.55. The van der Waals surface area contributed by atoms with Crippen molar-refractivity contribution < 1.29 is 19.1 Å². The lowest BCUT2D eigenvalue weighted by molar-refractivity contribution is -0.138. The Bertz CT molecular complexity index is 268. The molecule has 18 heavy (non-hydrogen) atoms. The first-order valence-electron chi connectivity index (χ1n) is 5.48. The molecule has 0 bridgehead atoms. The predicted molar refractivity (Wildman–Crippen MR) is 70.1 cm³/mol. The van der Waals surface area contributed by atoms with Crippen LogP contribution in [0.4, 0.5) is 4.79 Å². The molecule has 104 valence electrons. The Kier molecular flexibility index (Phi) is 10.6. The minimum absolute atomic E-state index is 0.171. The molecule has 0 fully saturated rings. The average molecular weight is 298 g/mol. The Morgan fingerprint density at radius 1 is 1.11 bits per heavy atom. The first-order chi connectivity index (χ1) is 8.65. The van der Waals surface area contributed by atoms with Crippen LogP contribution in [0.3, 0.4) is 0 Å². The van der Waals surface area contributed by atoms with Gasteiger partial charge < -0.3 is 14.4 Å². The maximum atomic E-state index is 11.5. The van der Waals surface area contributed by atoms with E-state index in [2.05, 4.69) is 6.58 Å². The number of hydrogen-bond acceptors (Lipinski definition) is 4. The van der Waals surface area contributed by atoms with E-state index >= 15 is 0 Å². The Morgan fingerprint density at radius 2 is 1.67 bits per heavy atom. The van der Waals surface area contributed by atoms with Crippen LogP contribution in [0.2, 0.25) is 0 Å². The van der Waals surface area contributed by atoms with E-state index in [0.29, 0.717) is 31.3 Å². The van der Waals surface area contributed by atoms with Crippen molar-refractivity contribution in [2.45, 2.75) is 6.42 Å². The number of halogens is 2. The molecule has 0 N–H and O–H groups in total. The molecule has 0 rings (SSSR count). The van der Waals surface area contributed by atoms with Crippen LogP contribution in [0.5, 0.6) is 0 Å². The van der Waals surface area contributed by atoms with Crippen molar-refractivity contribution in [3.63, 3.8) is 0 Å². The number of hydrogen-bond donors (Lipinski definition) is 0. The van der Waals surface area contributed by atoms with Gasteiger partial charge in [0.05, 0.1) is 13.2 Å². The molecule has 0 saturated carbocycles. The summed E-state index contributed by atoms with van der Waals surface area (Å²) < 4.78 is 9.70. The van der Waals surface area contributed by atoms with E-state index in [1.165, 1.54) is 4.90 Å². The lowest BCUT2D eigenvalue weighted by Crippen LogP contribution is -2.35. The highest BCUT2D eigenvalue weighted by atomic mass is 35.5. The van der Waals surface area contributed by atoms with E-state index < -0.39 is 12.1 Å². The van der Waals surface area contributed by atoms with Gasteiger partial charge >= 0.3 is 12.1 Å². The molecule has 0 heterocycles. The van der Waals surface area contributed by atoms with Gasteiger partial charge in [0.2, 0.25) is 0 Å². The van der Waals surface area contributed by atoms with Crippen LogP contribution in [0.15, 0.2) is 12.7 Å². The summed E-state index contributed by atoms with van der Waals surface area (Å²) in [6.07, 6.45) is 1.04. The van der Waals surface area contributed by atoms with Gasteiger partial charge in [0.25, 0.3) is 0 Å². The zero-order valence-electron chi connectivity index (χ0n) is 10.1. The molecule has 0 unspecified atom stereocenters. The molecule has 0 aromatic carbocycles. The summed E-state index contributed by atoms with van der Waals surface area (Å²) in [5.74, 6) is 0.151. The van der Waals surface area contributed by atoms with Crippen LogP contribution >= 0.6 is 23.2 Å². The maximum absolute atomic E-state index is 11.5. The second kappa shape index (κ2) is 11.2. The second-order valence-electron chi connectivity index (χ2n) is 3.20. The second-order valence-corrected chi connectivity index (χ2v) is 3.96. The van der Waals surface area contributed by atoms with Gasteiger partial charge in [0.1, 0.15) is 0 Å². The third-order valence-electron chi connectivity index (χ3n) is 1.89. The summed E-state index contributed by atoms with van der Waals surface area (Å²) in [5, 5.41) is 0. The Balaban J connectivity index is 3.72. The molecule has 0 aliphatic heterocycles. The predicted octanol–water partition coefficient (Wildman–Crippen LogP) is 2.02. The fourth-order valence-electron chi connectivity index (χ4n) is 1.04. The van der Waals surface area contributed by atoms with Gasteiger partial charge in [-0.1, -0.05) is 6.58 Å². The molecule has 5 nitrogen and oxygen atoms in total. The van der Waals surface area contributed by atoms with Gasteiger partial charge in [-0.15, -0.1) is 23.2 Å². The first kappa shape index (κ1) is 17.1. The summed E-state index contributed by atoms with van der Waals surface area (Å²) in [7, 11) is 0. The standard InChI is InChI=1S/C11H17Cl2NO4/c1-2-10(15)17-8-3-9-18-11(16)14(6-4-12)7-5-13/h2H,1,3-9H2. The van der Waals surface area contributed by atoms with Gasteiger partial charge in [0, 0.05) is 37.3 Å². The van der Waals surface area contributed by atoms with Gasteiger partial charge in [-0.3, -0.25) is 0 Å². The molecule has 0 aliphatic carbocycles. The van der Waals surface area contributed by atoms with Crippen molar-refractivity contribution in [2.24, 2.45) is 0 Å². The van der Waals surface area contributed by atoms with Gasteiger partial charge in [-0.25, -0.2) is 9.59 Å². The lowest BCUT2D eigenvalue weighted by atomic mass is 10.5. The third kappa shape index (κ3) is 8.20. The van der Waals surface area contributed by atoms with E-state index in [1.54, 1.807) is 0 Å². The van der Waals surface area contributed by atoms with Crippen molar-refractivity contribution in [1.29, 1.82) is 0 Å². The molecular weight excluding hydrogens is 281 g/mol. The van der Waals surface area contributed by atoms with Crippen LogP contribution in [0.25, 0.3) is 0 Å². The highest BCUT2D eigenvalue weighted by Crippen LogP contribution is 1.98. The van der Waals surface area contributed by atoms with Crippen molar-refractivity contribution in [1.82, 2.24) is 4.90 Å². The van der Waals surface area contributed by atoms with Crippen LogP contribution in [-0.2, 0) is 14.3 Å². The third-order valence-corrected chi connectivity index (χ3v) is 2.23. The Hall–Kier alpha value is -0.940. The van der Waals surface area contributed by atoms with E-state index in [4.69, 9.17) is 32.7 Å². The van der Waals surface area contributed by atoms with Crippen LogP contribution in [-0.4, -0.2) is 55.0 Å². The number of alkyl halides is 2. The molecule has 0 radical (unpaired) electrons. The highest BCUT2D eigenvalue weighted by Gasteiger charge is 2.13. The topological polar surface area (TPSA) is 55.8 Å². The number of ether oxygens (including phenoxy) is 2. The van der Waals surface area contributed by atoms with E-state index in [0.717, 1.165) is 6.08 Å². The lowest BCUT2D eigenvalue weighted by Gasteiger charge is -2.19. The maximum Gasteiger partial charge on any atom is 0.409 e. The number of carbonyl (C=O) groups excluding carboxylic acids is 2. The largest absolute Gasteiger partial charge is 0.462 e. The van der Waals surface area contributed by atoms with E-state index in [1.807, 2.05) is 0 Å². The Morgan fingerprint density at radius 3 is 2.17 bits per heavy atom. The van der Waals surface area contributed by atoms with E-state index in [9.17, 15) is 9.59 Å². The van der Waals surface area contributed by atoms with Gasteiger partial charge in [0.15, 0.2) is 0 Å². The monoisotopic (exact) mass is 297 g/mol. The molecule has 0 aliphatic rings. The normalized spacial score (nSPS) is 9.67. The summed E-state index contributed by atoms with van der Waals surface area (Å²) in [4.78, 5) is 23.7. The minimum atomic E-state index is -0.493. The van der Waals surface area contributed by atoms with E-state index in [-0.39, 0.29) is 13.2 Å². The molecule has 7 heteroatoms. The fourth-order valence-corrected chi connectivity index (χ4v) is 1.45. The van der Waals surface area contributed by atoms with Gasteiger partial charge in [-0.05, 0) is 0 Å². The zero-order chi connectivity index (χ0) is 13.8. The van der Waals surface area contributed by atoms with Crippen LogP contribution in [0, 0.1) is 0 Å². The smallest absolute Gasteiger partial charge is 0.409 e. The SMILES string of the molecule is C=CC(=O)OCCCOC(=O)N(CCCl)CCCl. The highest BCUT2D eigenvalue weighted by molar-refractivity contribution is 6.18. The average Bonchev–Trinajstić information content (AvgIpc) is 2.37. The van der Waals surface area contributed by atoms with Crippen molar-refractivity contribution in [2.75, 3.05) is 38.1 Å². The molecular formula is C11H17Cl2NO4. The summed E-state index contributed by atoms with van der Waals surface area (Å²) in [6.45, 7) is 4.39. The van der Waals surface area contributed by atoms with Crippen molar-refractivity contribution >= 4 is 35.3 Å². The van der Waals surface area contributed by atoms with Crippen molar-refractivity contribution in [3.05, 3.63) is 12.7 Å². The molecule has 0 aromatic rings. The minimum Gasteiger partial charge on any atom is -0.462 e. The zero-order valence-corrected chi connectivity index (χ0v) is 11.6. The van der Waals surface area contributed by atoms with Crippen molar-refractivity contribution in [3.8, 4) is 0 Å². The number of esters is 1. The summed E-state index contributed by atoms with van der Waals surface area (Å²) in [5.41, 5.74) is 0. The summed E-state index contributed by atoms with van der Waals surface area (Å²) in [6, 6.07) is 0. The number of nitrogens with zero attached hydrogens (tertiary/aromatic N) is 1. The molecule has 0 saturated heterocycles. The molecule has 1 amide bonds. The van der Waals surface area contributed by atoms with Crippen LogP contribution in [0.1, 0.15) is 6.42 Å². The fraction of sp³-hybridized carbons (Fsp3) is 0.636. The molecule has 0 atom stereocenters. The number of carbonyl (C=O) groups is 2. The summed E-state index contributed by atoms with van der Waals surface area (Å²) >= 11 is 11.1. The quantitative estimate of drug-likeness (QED) is 0.283.